The van der Waals surface area contributed by atoms with Gasteiger partial charge in [-0.3, -0.25) is 4.79 Å². The van der Waals surface area contributed by atoms with Crippen LogP contribution in [0.3, 0.4) is 0 Å². The first-order chi connectivity index (χ1) is 13.7. The fraction of sp³-hybridized carbons (Fsp3) is 0.100. The SMILES string of the molecule is O=C(Nc1ccnn1Cc1ccc(Cl)cc1)c1ccc(Cn2cncn2)cc1. The third kappa shape index (κ3) is 4.27. The van der Waals surface area contributed by atoms with Crippen LogP contribution in [0.4, 0.5) is 5.82 Å². The van der Waals surface area contributed by atoms with Crippen LogP contribution in [-0.4, -0.2) is 30.5 Å². The zero-order chi connectivity index (χ0) is 19.3. The van der Waals surface area contributed by atoms with Gasteiger partial charge in [-0.05, 0) is 35.4 Å². The van der Waals surface area contributed by atoms with E-state index in [-0.39, 0.29) is 5.91 Å². The molecule has 0 atom stereocenters. The molecule has 0 saturated heterocycles. The lowest BCUT2D eigenvalue weighted by Crippen LogP contribution is -2.16. The second kappa shape index (κ2) is 8.06. The first-order valence-corrected chi connectivity index (χ1v) is 9.04. The molecule has 4 rings (SSSR count). The van der Waals surface area contributed by atoms with Crippen LogP contribution < -0.4 is 5.32 Å². The van der Waals surface area contributed by atoms with Crippen LogP contribution in [0.15, 0.2) is 73.4 Å². The largest absolute Gasteiger partial charge is 0.307 e. The van der Waals surface area contributed by atoms with Gasteiger partial charge < -0.3 is 5.32 Å². The van der Waals surface area contributed by atoms with Crippen molar-refractivity contribution in [2.75, 3.05) is 5.32 Å². The molecule has 0 aliphatic carbocycles. The van der Waals surface area contributed by atoms with Gasteiger partial charge in [-0.2, -0.15) is 10.2 Å². The first kappa shape index (κ1) is 17.9. The van der Waals surface area contributed by atoms with Crippen molar-refractivity contribution in [1.82, 2.24) is 24.5 Å². The molecular weight excluding hydrogens is 376 g/mol. The summed E-state index contributed by atoms with van der Waals surface area (Å²) >= 11 is 5.92. The van der Waals surface area contributed by atoms with Gasteiger partial charge in [0.05, 0.1) is 19.3 Å². The predicted octanol–water partition coefficient (Wildman–Crippen LogP) is 3.48. The predicted molar refractivity (Wildman–Crippen MR) is 106 cm³/mol. The Labute approximate surface area is 166 Å². The van der Waals surface area contributed by atoms with Crippen LogP contribution in [0, 0.1) is 0 Å². The number of hydrogen-bond donors (Lipinski definition) is 1. The van der Waals surface area contributed by atoms with E-state index < -0.39 is 0 Å². The molecular formula is C20H17ClN6O. The van der Waals surface area contributed by atoms with E-state index in [1.165, 1.54) is 6.33 Å². The second-order valence-corrected chi connectivity index (χ2v) is 6.68. The number of aromatic nitrogens is 5. The van der Waals surface area contributed by atoms with E-state index in [4.69, 9.17) is 11.6 Å². The Morgan fingerprint density at radius 1 is 0.929 bits per heavy atom. The summed E-state index contributed by atoms with van der Waals surface area (Å²) in [6.07, 6.45) is 4.81. The number of nitrogens with one attached hydrogen (secondary N) is 1. The molecule has 0 aliphatic heterocycles. The van der Waals surface area contributed by atoms with E-state index in [0.29, 0.717) is 29.5 Å². The average Bonchev–Trinajstić information content (AvgIpc) is 3.37. The third-order valence-corrected chi connectivity index (χ3v) is 4.48. The van der Waals surface area contributed by atoms with Crippen LogP contribution in [-0.2, 0) is 13.1 Å². The van der Waals surface area contributed by atoms with Gasteiger partial charge in [0.15, 0.2) is 0 Å². The number of rotatable bonds is 6. The van der Waals surface area contributed by atoms with E-state index in [1.807, 2.05) is 36.4 Å². The standard InChI is InChI=1S/C20H17ClN6O/c21-18-7-3-16(4-8-18)12-27-19(9-10-23-27)25-20(28)17-5-1-15(2-6-17)11-26-14-22-13-24-26/h1-10,13-14H,11-12H2,(H,25,28). The van der Waals surface area contributed by atoms with Gasteiger partial charge in [0.2, 0.25) is 0 Å². The molecule has 7 nitrogen and oxygen atoms in total. The zero-order valence-corrected chi connectivity index (χ0v) is 15.6. The Bertz CT molecular complexity index is 1060. The van der Waals surface area contributed by atoms with Crippen molar-refractivity contribution in [1.29, 1.82) is 0 Å². The van der Waals surface area contributed by atoms with Gasteiger partial charge in [0, 0.05) is 16.7 Å². The van der Waals surface area contributed by atoms with Gasteiger partial charge >= 0.3 is 0 Å². The Morgan fingerprint density at radius 3 is 2.36 bits per heavy atom. The van der Waals surface area contributed by atoms with E-state index in [0.717, 1.165) is 11.1 Å². The lowest BCUT2D eigenvalue weighted by atomic mass is 10.1. The third-order valence-electron chi connectivity index (χ3n) is 4.23. The number of carbonyl (C=O) groups excluding carboxylic acids is 1. The fourth-order valence-corrected chi connectivity index (χ4v) is 2.91. The summed E-state index contributed by atoms with van der Waals surface area (Å²) in [6, 6.07) is 16.7. The summed E-state index contributed by atoms with van der Waals surface area (Å²) in [5.41, 5.74) is 2.65. The highest BCUT2D eigenvalue weighted by molar-refractivity contribution is 6.30. The molecule has 0 bridgehead atoms. The Hall–Kier alpha value is -3.45. The fourth-order valence-electron chi connectivity index (χ4n) is 2.78. The number of halogens is 1. The molecule has 1 N–H and O–H groups in total. The molecule has 1 amide bonds. The Kier molecular flexibility index (Phi) is 5.16. The molecule has 0 unspecified atom stereocenters. The lowest BCUT2D eigenvalue weighted by Gasteiger charge is -2.10. The normalized spacial score (nSPS) is 10.8. The summed E-state index contributed by atoms with van der Waals surface area (Å²) in [5.74, 6) is 0.441. The van der Waals surface area contributed by atoms with Crippen LogP contribution in [0.2, 0.25) is 5.02 Å². The molecule has 140 valence electrons. The van der Waals surface area contributed by atoms with Gasteiger partial charge in [0.1, 0.15) is 18.5 Å². The highest BCUT2D eigenvalue weighted by Crippen LogP contribution is 2.15. The molecule has 0 fully saturated rings. The minimum Gasteiger partial charge on any atom is -0.307 e. The van der Waals surface area contributed by atoms with Gasteiger partial charge in [-0.1, -0.05) is 35.9 Å². The van der Waals surface area contributed by atoms with Crippen molar-refractivity contribution in [3.05, 3.63) is 95.2 Å². The maximum absolute atomic E-state index is 12.6. The van der Waals surface area contributed by atoms with Crippen molar-refractivity contribution >= 4 is 23.3 Å². The highest BCUT2D eigenvalue weighted by Gasteiger charge is 2.10. The van der Waals surface area contributed by atoms with Crippen LogP contribution in [0.25, 0.3) is 0 Å². The number of amides is 1. The molecule has 2 aromatic carbocycles. The average molecular weight is 393 g/mol. The van der Waals surface area contributed by atoms with E-state index in [9.17, 15) is 4.79 Å². The number of benzene rings is 2. The zero-order valence-electron chi connectivity index (χ0n) is 14.9. The summed E-state index contributed by atoms with van der Waals surface area (Å²) in [6.45, 7) is 1.15. The minimum absolute atomic E-state index is 0.190. The van der Waals surface area contributed by atoms with Crippen molar-refractivity contribution in [2.24, 2.45) is 0 Å². The Morgan fingerprint density at radius 2 is 1.64 bits per heavy atom. The first-order valence-electron chi connectivity index (χ1n) is 8.66. The quantitative estimate of drug-likeness (QED) is 0.545. The number of nitrogens with zero attached hydrogens (tertiary/aromatic N) is 5. The van der Waals surface area contributed by atoms with Gasteiger partial charge in [0.25, 0.3) is 5.91 Å². The molecule has 4 aromatic rings. The lowest BCUT2D eigenvalue weighted by molar-refractivity contribution is 0.102. The molecule has 2 heterocycles. The summed E-state index contributed by atoms with van der Waals surface area (Å²) in [7, 11) is 0. The molecule has 0 saturated carbocycles. The molecule has 0 aliphatic rings. The summed E-state index contributed by atoms with van der Waals surface area (Å²) in [4.78, 5) is 16.5. The van der Waals surface area contributed by atoms with E-state index >= 15 is 0 Å². The maximum atomic E-state index is 12.6. The molecule has 8 heteroatoms. The molecule has 2 aromatic heterocycles. The molecule has 28 heavy (non-hydrogen) atoms. The molecule has 0 spiro atoms. The number of hydrogen-bond acceptors (Lipinski definition) is 4. The molecule has 0 radical (unpaired) electrons. The van der Waals surface area contributed by atoms with Crippen molar-refractivity contribution < 1.29 is 4.79 Å². The number of carbonyl (C=O) groups is 1. The van der Waals surface area contributed by atoms with Crippen LogP contribution >= 0.6 is 11.6 Å². The monoisotopic (exact) mass is 392 g/mol. The van der Waals surface area contributed by atoms with Gasteiger partial charge in [-0.15, -0.1) is 0 Å². The van der Waals surface area contributed by atoms with E-state index in [2.05, 4.69) is 20.5 Å². The van der Waals surface area contributed by atoms with Crippen molar-refractivity contribution in [3.63, 3.8) is 0 Å². The second-order valence-electron chi connectivity index (χ2n) is 6.24. The van der Waals surface area contributed by atoms with E-state index in [1.54, 1.807) is 40.1 Å². The van der Waals surface area contributed by atoms with Crippen molar-refractivity contribution in [3.8, 4) is 0 Å². The number of anilines is 1. The minimum atomic E-state index is -0.190. The smallest absolute Gasteiger partial charge is 0.256 e. The van der Waals surface area contributed by atoms with Gasteiger partial charge in [-0.25, -0.2) is 14.3 Å². The topological polar surface area (TPSA) is 77.6 Å². The summed E-state index contributed by atoms with van der Waals surface area (Å²) < 4.78 is 3.46. The summed E-state index contributed by atoms with van der Waals surface area (Å²) in [5, 5.41) is 12.0. The maximum Gasteiger partial charge on any atom is 0.256 e. The highest BCUT2D eigenvalue weighted by atomic mass is 35.5. The van der Waals surface area contributed by atoms with Crippen LogP contribution in [0.1, 0.15) is 21.5 Å². The van der Waals surface area contributed by atoms with Crippen molar-refractivity contribution in [2.45, 2.75) is 13.1 Å². The Balaban J connectivity index is 1.42. The van der Waals surface area contributed by atoms with Crippen LogP contribution in [0.5, 0.6) is 0 Å².